The Kier molecular flexibility index (Phi) is 0.696. The molecule has 0 N–H and O–H groups in total. The van der Waals surface area contributed by atoms with E-state index in [1.165, 1.54) is 60.6 Å². The molecule has 0 aliphatic carbocycles. The maximum absolute atomic E-state index is 3.03. The van der Waals surface area contributed by atoms with Gasteiger partial charge in [0, 0.05) is 0 Å². The zero-order valence-electron chi connectivity index (χ0n) is 17.1. The number of quaternary nitrogens is 2. The summed E-state index contributed by atoms with van der Waals surface area (Å²) in [7, 11) is 14.4. The summed E-state index contributed by atoms with van der Waals surface area (Å²) in [6.07, 6.45) is 6.59. The summed E-state index contributed by atoms with van der Waals surface area (Å²) in [5.74, 6) is 0. The first-order valence-electron chi connectivity index (χ1n) is 11.2. The average Bonchev–Trinajstić information content (AvgIpc) is 3.39. The van der Waals surface area contributed by atoms with Crippen LogP contribution in [0.4, 0.5) is 0 Å². The van der Waals surface area contributed by atoms with E-state index in [0.717, 1.165) is 8.63 Å². The van der Waals surface area contributed by atoms with Crippen LogP contribution >= 0.6 is 0 Å². The summed E-state index contributed by atoms with van der Waals surface area (Å²) in [5.41, 5.74) is 0. The maximum atomic E-state index is 2.41. The Morgan fingerprint density at radius 2 is 0.920 bits per heavy atom. The van der Waals surface area contributed by atoms with E-state index in [-0.39, 0.29) is 0 Å². The second-order valence-electron chi connectivity index (χ2n) is 16.3. The molecule has 0 amide bonds. The first kappa shape index (κ1) is 12.8. The van der Waals surface area contributed by atoms with Gasteiger partial charge in [-0.15, -0.1) is 0 Å². The van der Waals surface area contributed by atoms with Crippen LogP contribution in [0.5, 0.6) is 0 Å². The van der Waals surface area contributed by atoms with Crippen molar-refractivity contribution >= 4 is 0 Å². The fourth-order valence-electron chi connectivity index (χ4n) is 20.5. The zero-order valence-corrected chi connectivity index (χ0v) is 18.2. The molecule has 0 aromatic rings. The molecule has 0 radical (unpaired) electrons. The molecule has 0 bridgehead atoms. The van der Waals surface area contributed by atoms with Crippen LogP contribution in [0.2, 0.25) is 47.2 Å². The Hall–Kier alpha value is 0.439. The number of rotatable bonds is 8. The predicted octanol–water partition coefficient (Wildman–Crippen LogP) is 5.09. The van der Waals surface area contributed by atoms with Crippen molar-refractivity contribution in [3.63, 3.8) is 0 Å². The Bertz CT molecular complexity index is 1080. The third-order valence-corrected chi connectivity index (χ3v) is 62.3. The van der Waals surface area contributed by atoms with Crippen molar-refractivity contribution in [1.29, 1.82) is 0 Å². The monoisotopic (exact) mass is 386 g/mol. The summed E-state index contributed by atoms with van der Waals surface area (Å²) in [4.78, 5) is 11.9. The first-order chi connectivity index (χ1) is 11.3. The quantitative estimate of drug-likeness (QED) is 0.403. The second kappa shape index (κ2) is 1.36. The topological polar surface area (TPSA) is 0 Å². The molecule has 8 atom stereocenters. The molecule has 0 saturated carbocycles. The molecular formula is C22H38FeN2+2. The van der Waals surface area contributed by atoms with E-state index in [1.807, 2.05) is 0 Å². The minimum atomic E-state index is -3.03. The molecule has 1 spiro atoms. The van der Waals surface area contributed by atoms with Gasteiger partial charge in [-0.25, -0.2) is 0 Å². The van der Waals surface area contributed by atoms with E-state index in [2.05, 4.69) is 42.3 Å². The Balaban J connectivity index is 1.09. The molecule has 10 heterocycles. The van der Waals surface area contributed by atoms with Crippen LogP contribution in [0.3, 0.4) is 0 Å². The molecular weight excluding hydrogens is 348 g/mol. The normalized spacial score (nSPS) is 89.4. The van der Waals surface area contributed by atoms with Crippen LogP contribution in [0.15, 0.2) is 0 Å². The van der Waals surface area contributed by atoms with Gasteiger partial charge >= 0.3 is 144 Å². The van der Waals surface area contributed by atoms with Crippen LogP contribution in [-0.2, 0) is 6.51 Å². The Morgan fingerprint density at radius 3 is 1.16 bits per heavy atom. The van der Waals surface area contributed by atoms with Crippen molar-refractivity contribution in [2.24, 2.45) is 0 Å². The molecule has 8 unspecified atom stereocenters. The van der Waals surface area contributed by atoms with Gasteiger partial charge < -0.3 is 0 Å². The van der Waals surface area contributed by atoms with E-state index < -0.39 is 6.51 Å². The van der Waals surface area contributed by atoms with E-state index >= 15 is 0 Å². The molecule has 142 valence electrons. The van der Waals surface area contributed by atoms with Crippen molar-refractivity contribution in [1.82, 2.24) is 0 Å². The van der Waals surface area contributed by atoms with Crippen LogP contribution in [-0.4, -0.2) is 64.3 Å². The van der Waals surface area contributed by atoms with Crippen LogP contribution in [0, 0.1) is 0 Å². The van der Waals surface area contributed by atoms with Crippen molar-refractivity contribution in [3.05, 3.63) is 0 Å². The van der Waals surface area contributed by atoms with Gasteiger partial charge in [-0.05, 0) is 0 Å². The standard InChI is InChI=1S/2C11H19N.Fe/c2*1-12(2,3)10-6-9-11-7-4-5-8-11;/h2*4-5,7-8H,6,9-10H2,1-3H3;/q2*+1;. The molecule has 10 aliphatic rings. The van der Waals surface area contributed by atoms with Crippen LogP contribution in [0.1, 0.15) is 25.7 Å². The molecule has 10 aliphatic heterocycles. The van der Waals surface area contributed by atoms with Gasteiger partial charge in [0.1, 0.15) is 0 Å². The third kappa shape index (κ3) is 0.209. The van der Waals surface area contributed by atoms with Crippen molar-refractivity contribution in [2.75, 3.05) is 55.4 Å². The van der Waals surface area contributed by atoms with E-state index in [9.17, 15) is 0 Å². The second-order valence-corrected chi connectivity index (χ2v) is 39.8. The van der Waals surface area contributed by atoms with E-state index in [0.29, 0.717) is 0 Å². The number of nitrogens with zero attached hydrogens (tertiary/aromatic N) is 2. The van der Waals surface area contributed by atoms with Crippen LogP contribution < -0.4 is 0 Å². The Labute approximate surface area is 143 Å². The van der Waals surface area contributed by atoms with Gasteiger partial charge in [0.15, 0.2) is 0 Å². The van der Waals surface area contributed by atoms with Crippen molar-refractivity contribution in [2.45, 2.75) is 72.8 Å². The summed E-state index contributed by atoms with van der Waals surface area (Å²) >= 11 is 0. The van der Waals surface area contributed by atoms with Gasteiger partial charge in [0.05, 0.1) is 0 Å². The van der Waals surface area contributed by atoms with Gasteiger partial charge in [-0.1, -0.05) is 0 Å². The van der Waals surface area contributed by atoms with Crippen molar-refractivity contribution in [3.8, 4) is 0 Å². The fourth-order valence-corrected chi connectivity index (χ4v) is 99.0. The molecule has 3 heteroatoms. The first-order valence-corrected chi connectivity index (χ1v) is 17.4. The summed E-state index contributed by atoms with van der Waals surface area (Å²) in [5, 5.41) is 0. The molecule has 25 heavy (non-hydrogen) atoms. The minimum absolute atomic E-state index is 1.14. The van der Waals surface area contributed by atoms with E-state index in [1.54, 1.807) is 25.7 Å². The zero-order chi connectivity index (χ0) is 17.2. The van der Waals surface area contributed by atoms with Gasteiger partial charge in [-0.3, -0.25) is 0 Å². The number of fused-ring (bicyclic) bond motifs is 10. The summed E-state index contributed by atoms with van der Waals surface area (Å²) in [6, 6.07) is 0. The molecule has 10 rings (SSSR count). The predicted molar refractivity (Wildman–Crippen MR) is 99.7 cm³/mol. The average molecular weight is 386 g/mol. The molecule has 10 fully saturated rings. The molecule has 0 aromatic carbocycles. The summed E-state index contributed by atoms with van der Waals surface area (Å²) < 4.78 is 4.66. The Morgan fingerprint density at radius 1 is 0.600 bits per heavy atom. The number of hydrogen-bond donors (Lipinski definition) is 0. The molecule has 2 nitrogen and oxygen atoms in total. The van der Waals surface area contributed by atoms with Gasteiger partial charge in [0.25, 0.3) is 0 Å². The van der Waals surface area contributed by atoms with Gasteiger partial charge in [-0.2, -0.15) is 0 Å². The molecule has 10 saturated heterocycles. The van der Waals surface area contributed by atoms with E-state index in [4.69, 9.17) is 0 Å². The SMILES string of the molecule is C[N+](C)(C)CCC[C]12[CH]3[CH]4[CH]5[CH]1[Fe]45321678[CH]2[CH]1[CH]6[C]7(CCC[N+](C)(C)C)[CH]28. The number of hydrogen-bond acceptors (Lipinski definition) is 0. The summed E-state index contributed by atoms with van der Waals surface area (Å²) in [6.45, 7) is -0.164. The van der Waals surface area contributed by atoms with Crippen LogP contribution in [0.25, 0.3) is 0 Å². The fraction of sp³-hybridized carbons (Fsp3) is 1.00. The third-order valence-electron chi connectivity index (χ3n) is 18.2. The molecule has 0 aromatic heterocycles. The van der Waals surface area contributed by atoms with Crippen molar-refractivity contribution < 1.29 is 15.5 Å². The van der Waals surface area contributed by atoms with Gasteiger partial charge in [0.2, 0.25) is 0 Å².